The number of hydrogen-bond donors (Lipinski definition) is 1. The second-order valence-corrected chi connectivity index (χ2v) is 8.31. The smallest absolute Gasteiger partial charge is 0.286 e. The summed E-state index contributed by atoms with van der Waals surface area (Å²) in [4.78, 5) is 26.3. The Morgan fingerprint density at radius 3 is 2.53 bits per heavy atom. The molecule has 0 aliphatic carbocycles. The third kappa shape index (κ3) is 5.74. The zero-order valence-corrected chi connectivity index (χ0v) is 19.5. The molecule has 34 heavy (non-hydrogen) atoms. The molecule has 0 atom stereocenters. The van der Waals surface area contributed by atoms with Crippen LogP contribution in [0.3, 0.4) is 0 Å². The fourth-order valence-electron chi connectivity index (χ4n) is 3.56. The number of benzene rings is 2. The number of carbonyl (C=O) groups is 2. The second-order valence-electron chi connectivity index (χ2n) is 7.88. The Labute approximate surface area is 202 Å². The molecule has 8 heteroatoms. The van der Waals surface area contributed by atoms with E-state index >= 15 is 0 Å². The molecule has 0 aliphatic rings. The summed E-state index contributed by atoms with van der Waals surface area (Å²) in [5, 5.41) is 8.20. The minimum absolute atomic E-state index is 0.0123. The van der Waals surface area contributed by atoms with Crippen molar-refractivity contribution >= 4 is 23.4 Å². The van der Waals surface area contributed by atoms with E-state index in [0.29, 0.717) is 31.0 Å². The Hall–Kier alpha value is -3.84. The van der Waals surface area contributed by atoms with E-state index in [2.05, 4.69) is 5.32 Å². The van der Waals surface area contributed by atoms with Crippen molar-refractivity contribution in [1.29, 1.82) is 0 Å². The molecule has 0 saturated carbocycles. The van der Waals surface area contributed by atoms with Crippen molar-refractivity contribution in [3.05, 3.63) is 95.5 Å². The Morgan fingerprint density at radius 2 is 1.82 bits per heavy atom. The molecule has 2 aromatic carbocycles. The van der Waals surface area contributed by atoms with Gasteiger partial charge in [-0.15, -0.1) is 0 Å². The van der Waals surface area contributed by atoms with Gasteiger partial charge in [0, 0.05) is 48.9 Å². The maximum absolute atomic E-state index is 12.7. The van der Waals surface area contributed by atoms with Gasteiger partial charge in [0.05, 0.1) is 17.6 Å². The van der Waals surface area contributed by atoms with Crippen LogP contribution in [0.5, 0.6) is 0 Å². The highest BCUT2D eigenvalue weighted by molar-refractivity contribution is 6.30. The number of nitrogens with zero attached hydrogens (tertiary/aromatic N) is 3. The number of halogens is 1. The van der Waals surface area contributed by atoms with Gasteiger partial charge in [-0.1, -0.05) is 41.9 Å². The van der Waals surface area contributed by atoms with E-state index in [1.807, 2.05) is 65.5 Å². The van der Waals surface area contributed by atoms with Gasteiger partial charge in [0.25, 0.3) is 5.91 Å². The molecule has 0 saturated heterocycles. The molecule has 0 fully saturated rings. The highest BCUT2D eigenvalue weighted by Crippen LogP contribution is 2.26. The van der Waals surface area contributed by atoms with Crippen LogP contribution in [0.25, 0.3) is 16.9 Å². The molecule has 4 rings (SSSR count). The third-order valence-corrected chi connectivity index (χ3v) is 5.61. The van der Waals surface area contributed by atoms with Crippen LogP contribution in [0, 0.1) is 0 Å². The molecule has 0 spiro atoms. The van der Waals surface area contributed by atoms with Crippen LogP contribution in [0.4, 0.5) is 0 Å². The van der Waals surface area contributed by atoms with Crippen molar-refractivity contribution < 1.29 is 14.0 Å². The molecule has 4 aromatic rings. The SMILES string of the molecule is CN(Cc1cn(-c2ccccc2)nc1-c1ccc(Cl)cc1)C(=O)CCCNC(=O)c1ccco1. The zero-order chi connectivity index (χ0) is 23.9. The number of carbonyl (C=O) groups excluding carboxylic acids is 2. The lowest BCUT2D eigenvalue weighted by molar-refractivity contribution is -0.130. The summed E-state index contributed by atoms with van der Waals surface area (Å²) in [7, 11) is 1.77. The molecule has 0 bridgehead atoms. The van der Waals surface area contributed by atoms with Crippen LogP contribution < -0.4 is 5.32 Å². The van der Waals surface area contributed by atoms with Crippen molar-refractivity contribution in [2.45, 2.75) is 19.4 Å². The van der Waals surface area contributed by atoms with Crippen molar-refractivity contribution in [2.24, 2.45) is 0 Å². The topological polar surface area (TPSA) is 80.4 Å². The molecular formula is C26H25ClN4O3. The molecule has 0 aliphatic heterocycles. The van der Waals surface area contributed by atoms with E-state index in [4.69, 9.17) is 21.1 Å². The predicted octanol–water partition coefficient (Wildman–Crippen LogP) is 4.95. The van der Waals surface area contributed by atoms with Crippen molar-refractivity contribution in [3.8, 4) is 16.9 Å². The molecule has 0 unspecified atom stereocenters. The van der Waals surface area contributed by atoms with E-state index in [0.717, 1.165) is 22.5 Å². The molecule has 1 N–H and O–H groups in total. The third-order valence-electron chi connectivity index (χ3n) is 5.36. The first-order valence-electron chi connectivity index (χ1n) is 11.0. The molecular weight excluding hydrogens is 452 g/mol. The molecule has 2 amide bonds. The highest BCUT2D eigenvalue weighted by Gasteiger charge is 2.17. The van der Waals surface area contributed by atoms with Gasteiger partial charge in [-0.25, -0.2) is 4.68 Å². The van der Waals surface area contributed by atoms with Crippen molar-refractivity contribution in [3.63, 3.8) is 0 Å². The normalized spacial score (nSPS) is 10.8. The number of aromatic nitrogens is 2. The average Bonchev–Trinajstić information content (AvgIpc) is 3.53. The lowest BCUT2D eigenvalue weighted by Gasteiger charge is -2.17. The number of amides is 2. The standard InChI is InChI=1S/C26H25ClN4O3/c1-30(24(32)10-5-15-28-26(33)23-9-6-16-34-23)17-20-18-31(22-7-3-2-4-8-22)29-25(20)19-11-13-21(27)14-12-19/h2-4,6-9,11-14,16,18H,5,10,15,17H2,1H3,(H,28,33). The van der Waals surface area contributed by atoms with E-state index in [-0.39, 0.29) is 17.6 Å². The fraction of sp³-hybridized carbons (Fsp3) is 0.192. The summed E-state index contributed by atoms with van der Waals surface area (Å²) in [6, 6.07) is 20.6. The molecule has 7 nitrogen and oxygen atoms in total. The largest absolute Gasteiger partial charge is 0.459 e. The lowest BCUT2D eigenvalue weighted by atomic mass is 10.1. The van der Waals surface area contributed by atoms with Crippen LogP contribution >= 0.6 is 11.6 Å². The number of furan rings is 1. The van der Waals surface area contributed by atoms with Gasteiger partial charge in [0.15, 0.2) is 5.76 Å². The monoisotopic (exact) mass is 476 g/mol. The molecule has 174 valence electrons. The summed E-state index contributed by atoms with van der Waals surface area (Å²) in [5.41, 5.74) is 3.58. The Bertz CT molecular complexity index is 1240. The second kappa shape index (κ2) is 10.9. The number of para-hydroxylation sites is 1. The molecule has 2 heterocycles. The maximum atomic E-state index is 12.7. The van der Waals surface area contributed by atoms with Gasteiger partial charge in [-0.3, -0.25) is 9.59 Å². The van der Waals surface area contributed by atoms with Crippen LogP contribution in [0.1, 0.15) is 29.0 Å². The Balaban J connectivity index is 1.42. The van der Waals surface area contributed by atoms with Gasteiger partial charge in [0.1, 0.15) is 0 Å². The van der Waals surface area contributed by atoms with Crippen molar-refractivity contribution in [1.82, 2.24) is 20.0 Å². The van der Waals surface area contributed by atoms with Gasteiger partial charge in [0.2, 0.25) is 5.91 Å². The first-order valence-corrected chi connectivity index (χ1v) is 11.3. The number of hydrogen-bond acceptors (Lipinski definition) is 4. The summed E-state index contributed by atoms with van der Waals surface area (Å²) in [5.74, 6) is -0.0397. The zero-order valence-electron chi connectivity index (χ0n) is 18.8. The van der Waals surface area contributed by atoms with Crippen LogP contribution in [-0.4, -0.2) is 40.1 Å². The van der Waals surface area contributed by atoms with Gasteiger partial charge in [-0.2, -0.15) is 5.10 Å². The minimum Gasteiger partial charge on any atom is -0.459 e. The van der Waals surface area contributed by atoms with E-state index < -0.39 is 0 Å². The van der Waals surface area contributed by atoms with Crippen molar-refractivity contribution in [2.75, 3.05) is 13.6 Å². The Morgan fingerprint density at radius 1 is 1.06 bits per heavy atom. The van der Waals surface area contributed by atoms with E-state index in [1.165, 1.54) is 6.26 Å². The summed E-state index contributed by atoms with van der Waals surface area (Å²) in [6.07, 6.45) is 4.25. The van der Waals surface area contributed by atoms with Crippen LogP contribution in [-0.2, 0) is 11.3 Å². The lowest BCUT2D eigenvalue weighted by Crippen LogP contribution is -2.28. The van der Waals surface area contributed by atoms with E-state index in [9.17, 15) is 9.59 Å². The summed E-state index contributed by atoms with van der Waals surface area (Å²) >= 11 is 6.06. The van der Waals surface area contributed by atoms with E-state index in [1.54, 1.807) is 24.1 Å². The van der Waals surface area contributed by atoms with Gasteiger partial charge >= 0.3 is 0 Å². The van der Waals surface area contributed by atoms with Crippen LogP contribution in [0.2, 0.25) is 5.02 Å². The Kier molecular flexibility index (Phi) is 7.44. The highest BCUT2D eigenvalue weighted by atomic mass is 35.5. The maximum Gasteiger partial charge on any atom is 0.286 e. The quantitative estimate of drug-likeness (QED) is 0.346. The molecule has 0 radical (unpaired) electrons. The summed E-state index contributed by atoms with van der Waals surface area (Å²) < 4.78 is 6.88. The fourth-order valence-corrected chi connectivity index (χ4v) is 3.69. The van der Waals surface area contributed by atoms with Crippen LogP contribution in [0.15, 0.2) is 83.6 Å². The number of nitrogens with one attached hydrogen (secondary N) is 1. The minimum atomic E-state index is -0.285. The average molecular weight is 477 g/mol. The molecule has 2 aromatic heterocycles. The number of rotatable bonds is 9. The predicted molar refractivity (Wildman–Crippen MR) is 131 cm³/mol. The first kappa shape index (κ1) is 23.3. The summed E-state index contributed by atoms with van der Waals surface area (Å²) in [6.45, 7) is 0.795. The van der Waals surface area contributed by atoms with Gasteiger partial charge < -0.3 is 14.6 Å². The first-order chi connectivity index (χ1) is 16.5. The van der Waals surface area contributed by atoms with Gasteiger partial charge in [-0.05, 0) is 42.8 Å².